The fraction of sp³-hybridized carbons (Fsp3) is 0. The van der Waals surface area contributed by atoms with E-state index in [4.69, 9.17) is 10.5 Å². The largest absolute Gasteiger partial charge is 0.192 e. The molecule has 0 bridgehead atoms. The Morgan fingerprint density at radius 2 is 1.28 bits per heavy atom. The summed E-state index contributed by atoms with van der Waals surface area (Å²) in [4.78, 5) is 0. The summed E-state index contributed by atoms with van der Waals surface area (Å²) in [7, 11) is 0. The van der Waals surface area contributed by atoms with Gasteiger partial charge in [0.05, 0.1) is 23.3 Å². The minimum atomic E-state index is 0.602. The van der Waals surface area contributed by atoms with Gasteiger partial charge in [0.25, 0.3) is 0 Å². The Labute approximate surface area is 106 Å². The highest BCUT2D eigenvalue weighted by atomic mass is 14.2. The first-order chi connectivity index (χ1) is 8.74. The van der Waals surface area contributed by atoms with Crippen molar-refractivity contribution >= 4 is 5.57 Å². The molecule has 2 aromatic carbocycles. The van der Waals surface area contributed by atoms with Gasteiger partial charge in [-0.05, 0) is 41.0 Å². The second kappa shape index (κ2) is 4.99. The molecule has 0 N–H and O–H groups in total. The van der Waals surface area contributed by atoms with Crippen LogP contribution >= 0.6 is 0 Å². The zero-order chi connectivity index (χ0) is 13.0. The summed E-state index contributed by atoms with van der Waals surface area (Å²) in [6.07, 6.45) is 0. The van der Waals surface area contributed by atoms with Crippen LogP contribution in [-0.2, 0) is 0 Å². The van der Waals surface area contributed by atoms with Gasteiger partial charge in [-0.3, -0.25) is 0 Å². The molecule has 2 rings (SSSR count). The molecular weight excluding hydrogens is 220 g/mol. The van der Waals surface area contributed by atoms with Crippen LogP contribution in [0.5, 0.6) is 0 Å². The first kappa shape index (κ1) is 11.6. The van der Waals surface area contributed by atoms with Crippen LogP contribution in [0.25, 0.3) is 5.57 Å². The van der Waals surface area contributed by atoms with Gasteiger partial charge in [0.15, 0.2) is 0 Å². The molecule has 0 aromatic heterocycles. The molecule has 0 fully saturated rings. The van der Waals surface area contributed by atoms with Crippen molar-refractivity contribution in [1.82, 2.24) is 0 Å². The number of nitrogens with zero attached hydrogens (tertiary/aromatic N) is 2. The van der Waals surface area contributed by atoms with E-state index in [-0.39, 0.29) is 0 Å². The van der Waals surface area contributed by atoms with Gasteiger partial charge in [-0.1, -0.05) is 30.8 Å². The molecule has 0 unspecified atom stereocenters. The zero-order valence-electron chi connectivity index (χ0n) is 9.72. The highest BCUT2D eigenvalue weighted by molar-refractivity contribution is 5.79. The van der Waals surface area contributed by atoms with Crippen LogP contribution in [-0.4, -0.2) is 0 Å². The van der Waals surface area contributed by atoms with Gasteiger partial charge >= 0.3 is 0 Å². The monoisotopic (exact) mass is 230 g/mol. The van der Waals surface area contributed by atoms with E-state index < -0.39 is 0 Å². The molecule has 0 heterocycles. The van der Waals surface area contributed by atoms with Crippen LogP contribution in [0.1, 0.15) is 22.3 Å². The average Bonchev–Trinajstić information content (AvgIpc) is 2.46. The molecule has 0 aliphatic carbocycles. The van der Waals surface area contributed by atoms with Crippen LogP contribution < -0.4 is 0 Å². The third-order valence-electron chi connectivity index (χ3n) is 2.68. The van der Waals surface area contributed by atoms with Crippen LogP contribution in [0, 0.1) is 22.7 Å². The normalized spacial score (nSPS) is 9.22. The first-order valence-corrected chi connectivity index (χ1v) is 5.44. The van der Waals surface area contributed by atoms with E-state index in [9.17, 15) is 0 Å². The lowest BCUT2D eigenvalue weighted by Crippen LogP contribution is -1.88. The fourth-order valence-corrected chi connectivity index (χ4v) is 1.72. The van der Waals surface area contributed by atoms with E-state index in [1.807, 2.05) is 24.3 Å². The predicted molar refractivity (Wildman–Crippen MR) is 70.5 cm³/mol. The van der Waals surface area contributed by atoms with Crippen molar-refractivity contribution in [3.63, 3.8) is 0 Å². The molecule has 0 atom stereocenters. The van der Waals surface area contributed by atoms with Crippen molar-refractivity contribution in [3.05, 3.63) is 77.4 Å². The van der Waals surface area contributed by atoms with E-state index in [0.29, 0.717) is 11.1 Å². The molecule has 2 heteroatoms. The minimum Gasteiger partial charge on any atom is -0.192 e. The quantitative estimate of drug-likeness (QED) is 0.792. The van der Waals surface area contributed by atoms with E-state index >= 15 is 0 Å². The van der Waals surface area contributed by atoms with Crippen molar-refractivity contribution in [2.24, 2.45) is 0 Å². The number of nitriles is 2. The molecule has 0 radical (unpaired) electrons. The van der Waals surface area contributed by atoms with Crippen LogP contribution in [0.15, 0.2) is 55.1 Å². The van der Waals surface area contributed by atoms with Crippen LogP contribution in [0.3, 0.4) is 0 Å². The maximum absolute atomic E-state index is 8.87. The SMILES string of the molecule is C=C(c1cccc(C#N)c1)c1cccc(C#N)c1. The average molecular weight is 230 g/mol. The van der Waals surface area contributed by atoms with Gasteiger partial charge in [-0.25, -0.2) is 0 Å². The standard InChI is InChI=1S/C16H10N2/c1-12(15-6-2-4-13(8-15)10-17)16-7-3-5-14(9-16)11-18/h2-9H,1H2. The van der Waals surface area contributed by atoms with Crippen molar-refractivity contribution in [3.8, 4) is 12.1 Å². The summed E-state index contributed by atoms with van der Waals surface area (Å²) in [5.41, 5.74) is 3.80. The summed E-state index contributed by atoms with van der Waals surface area (Å²) in [6.45, 7) is 4.03. The maximum Gasteiger partial charge on any atom is 0.0991 e. The molecule has 0 saturated carbocycles. The molecule has 0 aliphatic heterocycles. The van der Waals surface area contributed by atoms with E-state index in [0.717, 1.165) is 16.7 Å². The Balaban J connectivity index is 2.42. The summed E-state index contributed by atoms with van der Waals surface area (Å²) < 4.78 is 0. The molecule has 0 spiro atoms. The molecule has 0 aliphatic rings. The summed E-state index contributed by atoms with van der Waals surface area (Å²) in [6, 6.07) is 18.8. The van der Waals surface area contributed by atoms with E-state index in [1.54, 1.807) is 24.3 Å². The zero-order valence-corrected chi connectivity index (χ0v) is 9.72. The Kier molecular flexibility index (Phi) is 3.23. The van der Waals surface area contributed by atoms with Crippen molar-refractivity contribution in [1.29, 1.82) is 10.5 Å². The third kappa shape index (κ3) is 2.29. The van der Waals surface area contributed by atoms with Crippen molar-refractivity contribution < 1.29 is 0 Å². The second-order valence-electron chi connectivity index (χ2n) is 3.86. The minimum absolute atomic E-state index is 0.602. The van der Waals surface area contributed by atoms with Crippen molar-refractivity contribution in [2.45, 2.75) is 0 Å². The fourth-order valence-electron chi connectivity index (χ4n) is 1.72. The Hall–Kier alpha value is -2.84. The molecule has 0 amide bonds. The molecule has 18 heavy (non-hydrogen) atoms. The van der Waals surface area contributed by atoms with Gasteiger partial charge in [-0.15, -0.1) is 0 Å². The predicted octanol–water partition coefficient (Wildman–Crippen LogP) is 3.49. The highest BCUT2D eigenvalue weighted by Crippen LogP contribution is 2.22. The molecule has 2 nitrogen and oxygen atoms in total. The topological polar surface area (TPSA) is 47.6 Å². The molecule has 2 aromatic rings. The first-order valence-electron chi connectivity index (χ1n) is 5.44. The molecule has 0 saturated heterocycles. The van der Waals surface area contributed by atoms with Gasteiger partial charge in [0.1, 0.15) is 0 Å². The van der Waals surface area contributed by atoms with E-state index in [1.165, 1.54) is 0 Å². The van der Waals surface area contributed by atoms with Gasteiger partial charge in [0, 0.05) is 0 Å². The summed E-state index contributed by atoms with van der Waals surface area (Å²) in [5.74, 6) is 0. The maximum atomic E-state index is 8.87. The van der Waals surface area contributed by atoms with Crippen LogP contribution in [0.2, 0.25) is 0 Å². The Morgan fingerprint density at radius 1 is 0.833 bits per heavy atom. The molecular formula is C16H10N2. The smallest absolute Gasteiger partial charge is 0.0991 e. The van der Waals surface area contributed by atoms with E-state index in [2.05, 4.69) is 18.7 Å². The number of rotatable bonds is 2. The molecule has 84 valence electrons. The third-order valence-corrected chi connectivity index (χ3v) is 2.68. The lowest BCUT2D eigenvalue weighted by Gasteiger charge is -2.06. The highest BCUT2D eigenvalue weighted by Gasteiger charge is 2.04. The lowest BCUT2D eigenvalue weighted by atomic mass is 9.97. The lowest BCUT2D eigenvalue weighted by molar-refractivity contribution is 1.45. The van der Waals surface area contributed by atoms with Gasteiger partial charge in [-0.2, -0.15) is 10.5 Å². The van der Waals surface area contributed by atoms with Gasteiger partial charge in [0.2, 0.25) is 0 Å². The second-order valence-corrected chi connectivity index (χ2v) is 3.86. The van der Waals surface area contributed by atoms with Crippen molar-refractivity contribution in [2.75, 3.05) is 0 Å². The number of benzene rings is 2. The summed E-state index contributed by atoms with van der Waals surface area (Å²) in [5, 5.41) is 17.7. The summed E-state index contributed by atoms with van der Waals surface area (Å²) >= 11 is 0. The van der Waals surface area contributed by atoms with Crippen LogP contribution in [0.4, 0.5) is 0 Å². The van der Waals surface area contributed by atoms with Gasteiger partial charge < -0.3 is 0 Å². The number of hydrogen-bond acceptors (Lipinski definition) is 2. The Morgan fingerprint density at radius 3 is 1.67 bits per heavy atom. The Bertz CT molecular complexity index is 625. The number of hydrogen-bond donors (Lipinski definition) is 0.